The molecule has 1 amide bonds. The molecule has 2 N–H and O–H groups in total. The Kier molecular flexibility index (Phi) is 4.45. The third-order valence-corrected chi connectivity index (χ3v) is 3.53. The fourth-order valence-electron chi connectivity index (χ4n) is 1.59. The average Bonchev–Trinajstić information content (AvgIpc) is 2.42. The van der Waals surface area contributed by atoms with Gasteiger partial charge in [0, 0.05) is 17.1 Å². The number of phenolic OH excluding ortho intramolecular Hbond substituents is 1. The molecule has 0 aliphatic rings. The predicted molar refractivity (Wildman–Crippen MR) is 79.8 cm³/mol. The molecule has 5 heteroatoms. The van der Waals surface area contributed by atoms with Crippen molar-refractivity contribution in [1.82, 2.24) is 0 Å². The van der Waals surface area contributed by atoms with E-state index in [0.717, 1.165) is 5.56 Å². The van der Waals surface area contributed by atoms with Crippen molar-refractivity contribution >= 4 is 39.1 Å². The molecule has 0 unspecified atom stereocenters. The van der Waals surface area contributed by atoms with Crippen LogP contribution in [0, 0.1) is 0 Å². The molecule has 0 aliphatic carbocycles. The summed E-state index contributed by atoms with van der Waals surface area (Å²) >= 11 is 8.91. The summed E-state index contributed by atoms with van der Waals surface area (Å²) in [6.07, 6.45) is 0. The Hall–Kier alpha value is -1.52. The van der Waals surface area contributed by atoms with Crippen molar-refractivity contribution in [3.63, 3.8) is 0 Å². The van der Waals surface area contributed by atoms with E-state index in [0.29, 0.717) is 21.6 Å². The van der Waals surface area contributed by atoms with Gasteiger partial charge in [-0.05, 0) is 51.8 Å². The fraction of sp³-hybridized carbons (Fsp3) is 0.0714. The lowest BCUT2D eigenvalue weighted by Gasteiger charge is -2.07. The van der Waals surface area contributed by atoms with Crippen LogP contribution in [0.5, 0.6) is 5.75 Å². The Morgan fingerprint density at radius 1 is 1.26 bits per heavy atom. The van der Waals surface area contributed by atoms with Crippen molar-refractivity contribution in [3.05, 3.63) is 58.1 Å². The van der Waals surface area contributed by atoms with Gasteiger partial charge in [-0.25, -0.2) is 0 Å². The zero-order chi connectivity index (χ0) is 13.8. The highest BCUT2D eigenvalue weighted by Gasteiger charge is 2.08. The van der Waals surface area contributed by atoms with Gasteiger partial charge >= 0.3 is 0 Å². The van der Waals surface area contributed by atoms with E-state index < -0.39 is 0 Å². The number of nitrogens with one attached hydrogen (secondary N) is 1. The molecule has 0 fully saturated rings. The zero-order valence-corrected chi connectivity index (χ0v) is 12.2. The molecule has 0 saturated carbocycles. The highest BCUT2D eigenvalue weighted by atomic mass is 79.9. The van der Waals surface area contributed by atoms with Crippen molar-refractivity contribution in [1.29, 1.82) is 0 Å². The smallest absolute Gasteiger partial charge is 0.255 e. The maximum Gasteiger partial charge on any atom is 0.255 e. The van der Waals surface area contributed by atoms with Gasteiger partial charge < -0.3 is 10.4 Å². The van der Waals surface area contributed by atoms with Gasteiger partial charge in [0.1, 0.15) is 5.75 Å². The normalized spacial score (nSPS) is 10.2. The number of carbonyl (C=O) groups excluding carboxylic acids is 1. The number of benzene rings is 2. The quantitative estimate of drug-likeness (QED) is 0.825. The summed E-state index contributed by atoms with van der Waals surface area (Å²) in [5.74, 6) is 0.139. The topological polar surface area (TPSA) is 49.3 Å². The summed E-state index contributed by atoms with van der Waals surface area (Å²) in [5.41, 5.74) is 1.99. The summed E-state index contributed by atoms with van der Waals surface area (Å²) in [6.45, 7) is 0. The van der Waals surface area contributed by atoms with Crippen LogP contribution in [0.1, 0.15) is 15.9 Å². The molecule has 3 nitrogen and oxygen atoms in total. The van der Waals surface area contributed by atoms with Crippen LogP contribution in [0.15, 0.2) is 46.9 Å². The second kappa shape index (κ2) is 6.08. The molecule has 0 aliphatic heterocycles. The van der Waals surface area contributed by atoms with E-state index in [1.165, 1.54) is 6.07 Å². The molecule has 2 aromatic rings. The summed E-state index contributed by atoms with van der Waals surface area (Å²) < 4.78 is 0.549. The first-order chi connectivity index (χ1) is 9.10. The minimum Gasteiger partial charge on any atom is -0.507 e. The Labute approximate surface area is 124 Å². The number of rotatable bonds is 3. The molecule has 0 heterocycles. The zero-order valence-electron chi connectivity index (χ0n) is 9.86. The van der Waals surface area contributed by atoms with Crippen molar-refractivity contribution in [2.75, 3.05) is 5.32 Å². The molecule has 19 heavy (non-hydrogen) atoms. The van der Waals surface area contributed by atoms with Gasteiger partial charge in [-0.3, -0.25) is 4.79 Å². The van der Waals surface area contributed by atoms with Gasteiger partial charge in [0.25, 0.3) is 5.91 Å². The van der Waals surface area contributed by atoms with Gasteiger partial charge in [0.15, 0.2) is 0 Å². The average molecular weight is 341 g/mol. The van der Waals surface area contributed by atoms with Crippen LogP contribution in [0.4, 0.5) is 5.69 Å². The van der Waals surface area contributed by atoms with E-state index >= 15 is 0 Å². The molecule has 2 aromatic carbocycles. The molecule has 2 rings (SSSR count). The van der Waals surface area contributed by atoms with Crippen LogP contribution in [0.2, 0.25) is 0 Å². The number of alkyl halides is 1. The lowest BCUT2D eigenvalue weighted by atomic mass is 10.2. The minimum absolute atomic E-state index is 0.0298. The summed E-state index contributed by atoms with van der Waals surface area (Å²) in [4.78, 5) is 12.0. The Morgan fingerprint density at radius 3 is 2.74 bits per heavy atom. The lowest BCUT2D eigenvalue weighted by Crippen LogP contribution is -2.11. The molecule has 0 radical (unpaired) electrons. The highest BCUT2D eigenvalue weighted by molar-refractivity contribution is 9.10. The van der Waals surface area contributed by atoms with Crippen LogP contribution < -0.4 is 5.32 Å². The van der Waals surface area contributed by atoms with E-state index in [4.69, 9.17) is 11.6 Å². The largest absolute Gasteiger partial charge is 0.507 e. The van der Waals surface area contributed by atoms with Gasteiger partial charge in [0.2, 0.25) is 0 Å². The van der Waals surface area contributed by atoms with Crippen LogP contribution in [-0.4, -0.2) is 11.0 Å². The second-order valence-corrected chi connectivity index (χ2v) is 5.08. The molecule has 0 saturated heterocycles. The third-order valence-electron chi connectivity index (χ3n) is 2.55. The van der Waals surface area contributed by atoms with Gasteiger partial charge in [-0.15, -0.1) is 11.6 Å². The van der Waals surface area contributed by atoms with E-state index in [1.54, 1.807) is 18.2 Å². The predicted octanol–water partition coefficient (Wildman–Crippen LogP) is 4.15. The van der Waals surface area contributed by atoms with E-state index in [1.807, 2.05) is 18.2 Å². The highest BCUT2D eigenvalue weighted by Crippen LogP contribution is 2.24. The first-order valence-electron chi connectivity index (χ1n) is 5.55. The van der Waals surface area contributed by atoms with Crippen molar-refractivity contribution < 1.29 is 9.90 Å². The van der Waals surface area contributed by atoms with Crippen LogP contribution >= 0.6 is 27.5 Å². The lowest BCUT2D eigenvalue weighted by molar-refractivity contribution is 0.102. The maximum atomic E-state index is 12.0. The van der Waals surface area contributed by atoms with Gasteiger partial charge in [-0.2, -0.15) is 0 Å². The van der Waals surface area contributed by atoms with Crippen molar-refractivity contribution in [2.45, 2.75) is 5.88 Å². The molecular formula is C14H11BrClNO2. The Bertz CT molecular complexity index is 616. The van der Waals surface area contributed by atoms with Crippen LogP contribution in [0.25, 0.3) is 0 Å². The first-order valence-corrected chi connectivity index (χ1v) is 6.87. The molecule has 0 atom stereocenters. The van der Waals surface area contributed by atoms with Gasteiger partial charge in [-0.1, -0.05) is 12.1 Å². The molecular weight excluding hydrogens is 330 g/mol. The van der Waals surface area contributed by atoms with E-state index in [9.17, 15) is 9.90 Å². The molecule has 0 aromatic heterocycles. The number of anilines is 1. The van der Waals surface area contributed by atoms with Crippen molar-refractivity contribution in [2.24, 2.45) is 0 Å². The number of halogens is 2. The van der Waals surface area contributed by atoms with Crippen LogP contribution in [0.3, 0.4) is 0 Å². The Morgan fingerprint density at radius 2 is 2.05 bits per heavy atom. The monoisotopic (exact) mass is 339 g/mol. The third kappa shape index (κ3) is 3.49. The molecule has 98 valence electrons. The number of amides is 1. The number of hydrogen-bond donors (Lipinski definition) is 2. The van der Waals surface area contributed by atoms with Crippen molar-refractivity contribution in [3.8, 4) is 5.75 Å². The van der Waals surface area contributed by atoms with E-state index in [-0.39, 0.29) is 11.7 Å². The summed E-state index contributed by atoms with van der Waals surface area (Å²) in [7, 11) is 0. The minimum atomic E-state index is -0.283. The number of phenols is 1. The summed E-state index contributed by atoms with van der Waals surface area (Å²) in [5, 5.41) is 12.3. The Balaban J connectivity index is 2.18. The standard InChI is InChI=1S/C14H11BrClNO2/c15-12-5-4-10(7-13(12)18)14(19)17-11-3-1-2-9(6-11)8-16/h1-7,18H,8H2,(H,17,19). The number of aromatic hydroxyl groups is 1. The first kappa shape index (κ1) is 13.9. The SMILES string of the molecule is O=C(Nc1cccc(CCl)c1)c1ccc(Br)c(O)c1. The molecule has 0 bridgehead atoms. The summed E-state index contributed by atoms with van der Waals surface area (Å²) in [6, 6.07) is 12.0. The molecule has 0 spiro atoms. The van der Waals surface area contributed by atoms with E-state index in [2.05, 4.69) is 21.2 Å². The van der Waals surface area contributed by atoms with Gasteiger partial charge in [0.05, 0.1) is 4.47 Å². The maximum absolute atomic E-state index is 12.0. The fourth-order valence-corrected chi connectivity index (χ4v) is 2.00. The second-order valence-electron chi connectivity index (χ2n) is 3.95. The number of hydrogen-bond acceptors (Lipinski definition) is 2. The van der Waals surface area contributed by atoms with Crippen LogP contribution in [-0.2, 0) is 5.88 Å². The number of carbonyl (C=O) groups is 1.